The second-order valence-electron chi connectivity index (χ2n) is 12.5. The third-order valence-corrected chi connectivity index (χ3v) is 7.59. The molecule has 0 unspecified atom stereocenters. The predicted molar refractivity (Wildman–Crippen MR) is 192 cm³/mol. The molecule has 1 heterocycles. The van der Waals surface area contributed by atoms with Crippen molar-refractivity contribution in [2.75, 3.05) is 25.0 Å². The fraction of sp³-hybridized carbons (Fsp3) is 0.231. The van der Waals surface area contributed by atoms with Gasteiger partial charge in [0.15, 0.2) is 5.75 Å². The zero-order valence-corrected chi connectivity index (χ0v) is 27.5. The van der Waals surface area contributed by atoms with E-state index in [2.05, 4.69) is 27.8 Å². The number of carbonyl (C=O) groups is 1. The molecule has 0 bridgehead atoms. The molecule has 1 atom stereocenters. The van der Waals surface area contributed by atoms with Gasteiger partial charge < -0.3 is 35.9 Å². The minimum atomic E-state index is -0.852. The minimum Gasteiger partial charge on any atom is -0.492 e. The highest BCUT2D eigenvalue weighted by Crippen LogP contribution is 2.30. The molecule has 1 aromatic heterocycles. The molecule has 48 heavy (non-hydrogen) atoms. The number of anilines is 2. The van der Waals surface area contributed by atoms with E-state index in [-0.39, 0.29) is 11.3 Å². The summed E-state index contributed by atoms with van der Waals surface area (Å²) in [4.78, 5) is 27.5. The Morgan fingerprint density at radius 2 is 1.62 bits per heavy atom. The lowest BCUT2D eigenvalue weighted by molar-refractivity contribution is -0.128. The summed E-state index contributed by atoms with van der Waals surface area (Å²) < 4.78 is 11.3. The van der Waals surface area contributed by atoms with Gasteiger partial charge in [-0.1, -0.05) is 48.0 Å². The van der Waals surface area contributed by atoms with Crippen LogP contribution in [-0.4, -0.2) is 41.3 Å². The number of H-pyrrole nitrogens is 1. The van der Waals surface area contributed by atoms with Crippen molar-refractivity contribution < 1.29 is 19.4 Å². The van der Waals surface area contributed by atoms with Crippen LogP contribution in [0.15, 0.2) is 108 Å². The third kappa shape index (κ3) is 9.89. The van der Waals surface area contributed by atoms with Gasteiger partial charge in [-0.3, -0.25) is 4.79 Å². The van der Waals surface area contributed by atoms with Crippen molar-refractivity contribution in [1.82, 2.24) is 10.3 Å². The van der Waals surface area contributed by atoms with E-state index in [1.165, 1.54) is 12.1 Å². The molecule has 0 aliphatic rings. The fourth-order valence-electron chi connectivity index (χ4n) is 5.01. The fourth-order valence-corrected chi connectivity index (χ4v) is 5.01. The molecule has 0 saturated heterocycles. The van der Waals surface area contributed by atoms with Crippen LogP contribution in [0.2, 0.25) is 0 Å². The van der Waals surface area contributed by atoms with Crippen LogP contribution in [-0.2, 0) is 11.2 Å². The Bertz CT molecular complexity index is 1910. The van der Waals surface area contributed by atoms with E-state index in [1.807, 2.05) is 81.4 Å². The molecule has 5 aromatic rings. The van der Waals surface area contributed by atoms with Crippen LogP contribution in [0.1, 0.15) is 42.2 Å². The zero-order chi connectivity index (χ0) is 34.1. The lowest BCUT2D eigenvalue weighted by Crippen LogP contribution is -2.38. The molecule has 5 rings (SSSR count). The van der Waals surface area contributed by atoms with Crippen molar-refractivity contribution in [2.24, 2.45) is 5.73 Å². The molecular weight excluding hydrogens is 604 g/mol. The Kier molecular flexibility index (Phi) is 11.1. The second-order valence-corrected chi connectivity index (χ2v) is 12.5. The van der Waals surface area contributed by atoms with Crippen LogP contribution >= 0.6 is 0 Å². The smallest absolute Gasteiger partial charge is 0.336 e. The van der Waals surface area contributed by atoms with Gasteiger partial charge in [0.2, 0.25) is 5.56 Å². The van der Waals surface area contributed by atoms with Gasteiger partial charge in [0.1, 0.15) is 12.4 Å². The minimum absolute atomic E-state index is 0.209. The van der Waals surface area contributed by atoms with E-state index >= 15 is 0 Å². The maximum atomic E-state index is 12.6. The lowest BCUT2D eigenvalue weighted by Gasteiger charge is -2.19. The van der Waals surface area contributed by atoms with Gasteiger partial charge in [-0.25, -0.2) is 4.79 Å². The Morgan fingerprint density at radius 1 is 0.938 bits per heavy atom. The molecule has 0 aliphatic carbocycles. The number of nitrogens with one attached hydrogen (secondary N) is 3. The number of hydrogen-bond donors (Lipinski definition) is 5. The van der Waals surface area contributed by atoms with Crippen LogP contribution in [0.5, 0.6) is 11.5 Å². The molecule has 0 aliphatic heterocycles. The van der Waals surface area contributed by atoms with Gasteiger partial charge in [0, 0.05) is 41.0 Å². The summed E-state index contributed by atoms with van der Waals surface area (Å²) in [5.74, 6) is 0.406. The number of aliphatic hydroxyl groups is 1. The number of nitrogens with two attached hydrogens (primary N) is 1. The highest BCUT2D eigenvalue weighted by atomic mass is 16.5. The number of carbonyl (C=O) groups excluding carboxylic acids is 1. The Morgan fingerprint density at radius 3 is 2.31 bits per heavy atom. The van der Waals surface area contributed by atoms with Crippen LogP contribution in [0.25, 0.3) is 17.0 Å². The molecule has 0 radical (unpaired) electrons. The first-order valence-corrected chi connectivity index (χ1v) is 15.9. The van der Waals surface area contributed by atoms with E-state index in [4.69, 9.17) is 15.2 Å². The van der Waals surface area contributed by atoms with Gasteiger partial charge in [-0.2, -0.15) is 0 Å². The van der Waals surface area contributed by atoms with Crippen LogP contribution in [0.3, 0.4) is 0 Å². The first-order chi connectivity index (χ1) is 23.0. The molecule has 0 saturated carbocycles. The average molecular weight is 647 g/mol. The number of fused-ring (bicyclic) bond motifs is 1. The maximum absolute atomic E-state index is 12.6. The molecule has 0 fully saturated rings. The Balaban J connectivity index is 1.12. The van der Waals surface area contributed by atoms with Crippen LogP contribution in [0, 0.1) is 6.92 Å². The molecule has 248 valence electrons. The summed E-state index contributed by atoms with van der Waals surface area (Å²) >= 11 is 0. The van der Waals surface area contributed by atoms with E-state index in [9.17, 15) is 14.7 Å². The van der Waals surface area contributed by atoms with Gasteiger partial charge in [0.05, 0.1) is 11.6 Å². The normalized spacial score (nSPS) is 12.3. The summed E-state index contributed by atoms with van der Waals surface area (Å²) in [7, 11) is 0. The van der Waals surface area contributed by atoms with E-state index in [0.29, 0.717) is 36.2 Å². The quantitative estimate of drug-likeness (QED) is 0.0417. The van der Waals surface area contributed by atoms with Crippen LogP contribution in [0.4, 0.5) is 11.4 Å². The first kappa shape index (κ1) is 34.1. The molecule has 4 aromatic carbocycles. The maximum Gasteiger partial charge on any atom is 0.336 e. The van der Waals surface area contributed by atoms with Crippen LogP contribution < -0.4 is 31.4 Å². The van der Waals surface area contributed by atoms with Gasteiger partial charge >= 0.3 is 5.97 Å². The SMILES string of the molecule is Cc1ccc(/C=C/C(=O)Oc2ccc([C@@H](O)CNCCc3ccc(Nc4ccc(OCC(C)(C)N)cc4)cc3)c3ccc(=O)[nH]c23)cc1. The standard InChI is InChI=1S/C39H42N4O5/c1-26-4-6-27(7-5-26)10-21-37(46)48-35-19-17-32(33-18-20-36(45)43-38(33)35)34(44)24-41-23-22-28-8-11-29(12-9-28)42-30-13-15-31(16-14-30)47-25-39(2,3)40/h4-21,34,41-42,44H,22-25,40H2,1-3H3,(H,43,45)/b21-10+/t34-/m0/s1. The number of ether oxygens (including phenoxy) is 2. The van der Waals surface area contributed by atoms with E-state index < -0.39 is 17.6 Å². The highest BCUT2D eigenvalue weighted by molar-refractivity contribution is 5.93. The molecule has 0 amide bonds. The monoisotopic (exact) mass is 646 g/mol. The third-order valence-electron chi connectivity index (χ3n) is 7.59. The van der Waals surface area contributed by atoms with Gasteiger partial charge in [-0.05, 0) is 105 Å². The average Bonchev–Trinajstić information content (AvgIpc) is 3.06. The summed E-state index contributed by atoms with van der Waals surface area (Å²) in [5.41, 5.74) is 11.3. The Labute approximate surface area is 280 Å². The molecular formula is C39H42N4O5. The van der Waals surface area contributed by atoms with Crippen molar-refractivity contribution in [3.05, 3.63) is 136 Å². The van der Waals surface area contributed by atoms with E-state index in [1.54, 1.807) is 24.3 Å². The summed E-state index contributed by atoms with van der Waals surface area (Å²) in [6, 6.07) is 30.0. The molecule has 0 spiro atoms. The van der Waals surface area contributed by atoms with Gasteiger partial charge in [0.25, 0.3) is 0 Å². The molecule has 6 N–H and O–H groups in total. The number of hydrogen-bond acceptors (Lipinski definition) is 8. The number of aromatic amines is 1. The van der Waals surface area contributed by atoms with Crippen molar-refractivity contribution in [3.63, 3.8) is 0 Å². The number of esters is 1. The molecule has 9 nitrogen and oxygen atoms in total. The predicted octanol–water partition coefficient (Wildman–Crippen LogP) is 6.18. The summed E-state index contributed by atoms with van der Waals surface area (Å²) in [5, 5.41) is 18.4. The largest absolute Gasteiger partial charge is 0.492 e. The van der Waals surface area contributed by atoms with Gasteiger partial charge in [-0.15, -0.1) is 0 Å². The van der Waals surface area contributed by atoms with E-state index in [0.717, 1.165) is 40.2 Å². The number of aliphatic hydroxyl groups excluding tert-OH is 1. The number of rotatable bonds is 14. The Hall–Kier alpha value is -5.22. The lowest BCUT2D eigenvalue weighted by atomic mass is 10.0. The molecule has 9 heteroatoms. The second kappa shape index (κ2) is 15.6. The summed E-state index contributed by atoms with van der Waals surface area (Å²) in [6.07, 6.45) is 2.93. The van der Waals surface area contributed by atoms with Crippen molar-refractivity contribution >= 4 is 34.3 Å². The highest BCUT2D eigenvalue weighted by Gasteiger charge is 2.16. The number of benzene rings is 4. The van der Waals surface area contributed by atoms with Crippen molar-refractivity contribution in [2.45, 2.75) is 38.8 Å². The number of aromatic nitrogens is 1. The van der Waals surface area contributed by atoms with Crippen molar-refractivity contribution in [3.8, 4) is 11.5 Å². The first-order valence-electron chi connectivity index (χ1n) is 15.9. The summed E-state index contributed by atoms with van der Waals surface area (Å²) in [6.45, 7) is 7.24. The number of aryl methyl sites for hydroxylation is 1. The topological polar surface area (TPSA) is 139 Å². The van der Waals surface area contributed by atoms with Crippen molar-refractivity contribution in [1.29, 1.82) is 0 Å². The number of pyridine rings is 1. The zero-order valence-electron chi connectivity index (χ0n) is 27.5.